The SMILES string of the molecule is CC(C)=C1C(=O)O[C@H](CO[Si](C)(C)C(C)(C)C)[C@H]1C. The number of cyclic esters (lactones) is 1. The third-order valence-corrected chi connectivity index (χ3v) is 8.95. The van der Waals surface area contributed by atoms with Crippen LogP contribution in [0.4, 0.5) is 0 Å². The van der Waals surface area contributed by atoms with Gasteiger partial charge in [-0.25, -0.2) is 4.79 Å². The van der Waals surface area contributed by atoms with Gasteiger partial charge in [-0.15, -0.1) is 0 Å². The van der Waals surface area contributed by atoms with Crippen LogP contribution in [-0.4, -0.2) is 27.0 Å². The summed E-state index contributed by atoms with van der Waals surface area (Å²) < 4.78 is 11.6. The lowest BCUT2D eigenvalue weighted by atomic mass is 9.95. The standard InChI is InChI=1S/C15H28O3Si/c1-10(2)13-11(3)12(18-14(13)16)9-17-19(7,8)15(4,5)6/h11-12H,9H2,1-8H3/t11-,12-/m1/s1. The van der Waals surface area contributed by atoms with E-state index in [4.69, 9.17) is 9.16 Å². The Balaban J connectivity index is 2.72. The number of rotatable bonds is 3. The number of ether oxygens (including phenoxy) is 1. The lowest BCUT2D eigenvalue weighted by Crippen LogP contribution is -2.43. The van der Waals surface area contributed by atoms with Gasteiger partial charge in [-0.05, 0) is 32.0 Å². The Kier molecular flexibility index (Phi) is 4.68. The van der Waals surface area contributed by atoms with Crippen LogP contribution in [0.5, 0.6) is 0 Å². The van der Waals surface area contributed by atoms with Gasteiger partial charge in [-0.1, -0.05) is 33.3 Å². The quantitative estimate of drug-likeness (QED) is 0.448. The lowest BCUT2D eigenvalue weighted by molar-refractivity contribution is -0.140. The van der Waals surface area contributed by atoms with Crippen LogP contribution in [0.2, 0.25) is 18.1 Å². The fourth-order valence-electron chi connectivity index (χ4n) is 2.02. The van der Waals surface area contributed by atoms with Crippen LogP contribution < -0.4 is 0 Å². The molecule has 0 aliphatic carbocycles. The van der Waals surface area contributed by atoms with Crippen LogP contribution in [0.3, 0.4) is 0 Å². The number of esters is 1. The highest BCUT2D eigenvalue weighted by Gasteiger charge is 2.41. The van der Waals surface area contributed by atoms with Crippen molar-refractivity contribution in [1.82, 2.24) is 0 Å². The molecule has 0 unspecified atom stereocenters. The molecule has 1 fully saturated rings. The Labute approximate surface area is 118 Å². The molecule has 0 bridgehead atoms. The molecule has 0 amide bonds. The first-order chi connectivity index (χ1) is 8.47. The maximum atomic E-state index is 11.8. The first kappa shape index (κ1) is 16.4. The molecule has 19 heavy (non-hydrogen) atoms. The largest absolute Gasteiger partial charge is 0.456 e. The van der Waals surface area contributed by atoms with Crippen molar-refractivity contribution >= 4 is 14.3 Å². The third-order valence-electron chi connectivity index (χ3n) is 4.44. The monoisotopic (exact) mass is 284 g/mol. The van der Waals surface area contributed by atoms with Gasteiger partial charge in [-0.2, -0.15) is 0 Å². The predicted octanol–water partition coefficient (Wildman–Crippen LogP) is 3.91. The van der Waals surface area contributed by atoms with Crippen LogP contribution in [0, 0.1) is 5.92 Å². The minimum absolute atomic E-state index is 0.127. The van der Waals surface area contributed by atoms with Crippen molar-refractivity contribution in [3.8, 4) is 0 Å². The molecule has 0 aromatic rings. The van der Waals surface area contributed by atoms with Crippen molar-refractivity contribution in [3.05, 3.63) is 11.1 Å². The summed E-state index contributed by atoms with van der Waals surface area (Å²) in [4.78, 5) is 11.8. The molecule has 2 atom stereocenters. The van der Waals surface area contributed by atoms with Gasteiger partial charge >= 0.3 is 5.97 Å². The summed E-state index contributed by atoms with van der Waals surface area (Å²) in [5.41, 5.74) is 1.87. The van der Waals surface area contributed by atoms with E-state index in [0.717, 1.165) is 11.1 Å². The van der Waals surface area contributed by atoms with Gasteiger partial charge in [0, 0.05) is 11.5 Å². The van der Waals surface area contributed by atoms with Crippen LogP contribution >= 0.6 is 0 Å². The van der Waals surface area contributed by atoms with E-state index >= 15 is 0 Å². The van der Waals surface area contributed by atoms with Crippen LogP contribution in [0.15, 0.2) is 11.1 Å². The Morgan fingerprint density at radius 1 is 1.32 bits per heavy atom. The molecule has 0 saturated carbocycles. The van der Waals surface area contributed by atoms with Gasteiger partial charge in [0.1, 0.15) is 6.10 Å². The molecule has 1 aliphatic heterocycles. The normalized spacial score (nSPS) is 24.6. The maximum absolute atomic E-state index is 11.8. The smallest absolute Gasteiger partial charge is 0.334 e. The Morgan fingerprint density at radius 3 is 2.21 bits per heavy atom. The zero-order valence-corrected chi connectivity index (χ0v) is 14.6. The molecule has 3 nitrogen and oxygen atoms in total. The summed E-state index contributed by atoms with van der Waals surface area (Å²) in [7, 11) is -1.78. The number of hydrogen-bond donors (Lipinski definition) is 0. The average Bonchev–Trinajstić information content (AvgIpc) is 2.49. The van der Waals surface area contributed by atoms with Gasteiger partial charge in [0.05, 0.1) is 6.61 Å². The molecule has 0 radical (unpaired) electrons. The van der Waals surface area contributed by atoms with E-state index in [1.165, 1.54) is 0 Å². The second-order valence-corrected chi connectivity index (χ2v) is 12.0. The van der Waals surface area contributed by atoms with Crippen molar-refractivity contribution in [2.75, 3.05) is 6.61 Å². The minimum atomic E-state index is -1.78. The number of hydrogen-bond acceptors (Lipinski definition) is 3. The molecule has 0 aromatic heterocycles. The molecule has 1 saturated heterocycles. The number of allylic oxidation sites excluding steroid dienone is 1. The molecular formula is C15H28O3Si. The predicted molar refractivity (Wildman–Crippen MR) is 80.6 cm³/mol. The minimum Gasteiger partial charge on any atom is -0.456 e. The highest BCUT2D eigenvalue weighted by molar-refractivity contribution is 6.74. The van der Waals surface area contributed by atoms with Crippen molar-refractivity contribution in [2.45, 2.75) is 65.8 Å². The third kappa shape index (κ3) is 3.48. The van der Waals surface area contributed by atoms with E-state index in [2.05, 4.69) is 33.9 Å². The van der Waals surface area contributed by atoms with E-state index < -0.39 is 8.32 Å². The number of carbonyl (C=O) groups excluding carboxylic acids is 1. The summed E-state index contributed by atoms with van der Waals surface area (Å²) in [6, 6.07) is 0. The molecule has 1 rings (SSSR count). The summed E-state index contributed by atoms with van der Waals surface area (Å²) in [5.74, 6) is -0.0430. The van der Waals surface area contributed by atoms with Crippen molar-refractivity contribution in [1.29, 1.82) is 0 Å². The van der Waals surface area contributed by atoms with Crippen molar-refractivity contribution in [2.24, 2.45) is 5.92 Å². The van der Waals surface area contributed by atoms with E-state index in [-0.39, 0.29) is 23.0 Å². The lowest BCUT2D eigenvalue weighted by Gasteiger charge is -2.37. The Bertz CT molecular complexity index is 387. The topological polar surface area (TPSA) is 35.5 Å². The van der Waals surface area contributed by atoms with E-state index in [0.29, 0.717) is 6.61 Å². The van der Waals surface area contributed by atoms with E-state index in [1.807, 2.05) is 20.8 Å². The number of carbonyl (C=O) groups is 1. The van der Waals surface area contributed by atoms with Gasteiger partial charge in [0.25, 0.3) is 0 Å². The average molecular weight is 284 g/mol. The van der Waals surface area contributed by atoms with Crippen molar-refractivity contribution in [3.63, 3.8) is 0 Å². The van der Waals surface area contributed by atoms with Crippen LogP contribution in [0.25, 0.3) is 0 Å². The Hall–Kier alpha value is -0.613. The zero-order valence-electron chi connectivity index (χ0n) is 13.6. The molecule has 1 aliphatic rings. The van der Waals surface area contributed by atoms with Crippen LogP contribution in [-0.2, 0) is 14.0 Å². The molecule has 1 heterocycles. The van der Waals surface area contributed by atoms with Gasteiger partial charge in [0.15, 0.2) is 8.32 Å². The fourth-order valence-corrected chi connectivity index (χ4v) is 3.03. The highest BCUT2D eigenvalue weighted by atomic mass is 28.4. The summed E-state index contributed by atoms with van der Waals surface area (Å²) >= 11 is 0. The Morgan fingerprint density at radius 2 is 1.84 bits per heavy atom. The molecular weight excluding hydrogens is 256 g/mol. The van der Waals surface area contributed by atoms with E-state index in [9.17, 15) is 4.79 Å². The molecule has 0 N–H and O–H groups in total. The van der Waals surface area contributed by atoms with Gasteiger partial charge < -0.3 is 9.16 Å². The summed E-state index contributed by atoms with van der Waals surface area (Å²) in [6.45, 7) is 17.6. The first-order valence-electron chi connectivity index (χ1n) is 6.99. The highest BCUT2D eigenvalue weighted by Crippen LogP contribution is 2.38. The molecule has 0 aromatic carbocycles. The first-order valence-corrected chi connectivity index (χ1v) is 9.90. The van der Waals surface area contributed by atoms with E-state index in [1.54, 1.807) is 0 Å². The zero-order chi connectivity index (χ0) is 15.0. The maximum Gasteiger partial charge on any atom is 0.334 e. The fraction of sp³-hybridized carbons (Fsp3) is 0.800. The van der Waals surface area contributed by atoms with Crippen LogP contribution in [0.1, 0.15) is 41.5 Å². The molecule has 0 spiro atoms. The summed E-state index contributed by atoms with van der Waals surface area (Å²) in [5, 5.41) is 0.179. The molecule has 110 valence electrons. The van der Waals surface area contributed by atoms with Gasteiger partial charge in [0.2, 0.25) is 0 Å². The molecule has 4 heteroatoms. The summed E-state index contributed by atoms with van der Waals surface area (Å²) in [6.07, 6.45) is -0.133. The van der Waals surface area contributed by atoms with Crippen molar-refractivity contribution < 1.29 is 14.0 Å². The second-order valence-electron chi connectivity index (χ2n) is 7.22. The van der Waals surface area contributed by atoms with Gasteiger partial charge in [-0.3, -0.25) is 0 Å². The second kappa shape index (κ2) is 5.41.